The molecule has 0 fully saturated rings. The molecule has 1 amide bonds. The lowest BCUT2D eigenvalue weighted by Crippen LogP contribution is -2.33. The molecule has 0 N–H and O–H groups in total. The van der Waals surface area contributed by atoms with Crippen LogP contribution >= 0.6 is 0 Å². The highest BCUT2D eigenvalue weighted by molar-refractivity contribution is 5.87. The van der Waals surface area contributed by atoms with Crippen LogP contribution < -0.4 is 0 Å². The summed E-state index contributed by atoms with van der Waals surface area (Å²) >= 11 is 0. The summed E-state index contributed by atoms with van der Waals surface area (Å²) in [5.74, 6) is 0. The van der Waals surface area contributed by atoms with Crippen LogP contribution in [0.1, 0.15) is 31.9 Å². The van der Waals surface area contributed by atoms with Crippen molar-refractivity contribution in [1.82, 2.24) is 9.47 Å². The molecule has 1 heterocycles. The molecule has 0 aliphatic carbocycles. The van der Waals surface area contributed by atoms with Gasteiger partial charge in [-0.15, -0.1) is 0 Å². The molecule has 3 aromatic rings. The monoisotopic (exact) mass is 361 g/mol. The summed E-state index contributed by atoms with van der Waals surface area (Å²) < 4.78 is 7.39. The second-order valence-corrected chi connectivity index (χ2v) is 7.54. The van der Waals surface area contributed by atoms with Crippen LogP contribution in [-0.4, -0.2) is 28.2 Å². The van der Waals surface area contributed by atoms with Gasteiger partial charge in [0.05, 0.1) is 11.1 Å². The van der Waals surface area contributed by atoms with Crippen LogP contribution in [0.25, 0.3) is 16.6 Å². The fourth-order valence-corrected chi connectivity index (χ4v) is 2.92. The predicted octanol–water partition coefficient (Wildman–Crippen LogP) is 4.87. The van der Waals surface area contributed by atoms with Gasteiger partial charge < -0.3 is 14.2 Å². The molecule has 138 valence electrons. The van der Waals surface area contributed by atoms with Gasteiger partial charge in [-0.1, -0.05) is 30.3 Å². The molecule has 0 unspecified atom stereocenters. The van der Waals surface area contributed by atoms with Crippen LogP contribution in [0.4, 0.5) is 4.79 Å². The highest BCUT2D eigenvalue weighted by Crippen LogP contribution is 2.24. The standard InChI is InChI=1S/C22H23N3O2/c1-22(2,3)27-21(26)24(4)14-16-9-11-18(12-10-16)25-15-17(13-23)19-7-5-6-8-20(19)25/h5-12,15H,14H2,1-4H3. The van der Waals surface area contributed by atoms with Crippen molar-refractivity contribution < 1.29 is 9.53 Å². The molecule has 0 radical (unpaired) electrons. The van der Waals surface area contributed by atoms with Crippen molar-refractivity contribution in [3.63, 3.8) is 0 Å². The minimum absolute atomic E-state index is 0.346. The van der Waals surface area contributed by atoms with Gasteiger partial charge in [0.25, 0.3) is 0 Å². The number of aromatic nitrogens is 1. The van der Waals surface area contributed by atoms with Crippen molar-refractivity contribution >= 4 is 17.0 Å². The van der Waals surface area contributed by atoms with Crippen LogP contribution in [0.2, 0.25) is 0 Å². The smallest absolute Gasteiger partial charge is 0.410 e. The Balaban J connectivity index is 1.81. The van der Waals surface area contributed by atoms with E-state index in [9.17, 15) is 10.1 Å². The van der Waals surface area contributed by atoms with Gasteiger partial charge in [0.15, 0.2) is 0 Å². The Morgan fingerprint density at radius 3 is 2.44 bits per heavy atom. The molecule has 0 spiro atoms. The fourth-order valence-electron chi connectivity index (χ4n) is 2.92. The maximum Gasteiger partial charge on any atom is 0.410 e. The number of nitriles is 1. The second-order valence-electron chi connectivity index (χ2n) is 7.54. The highest BCUT2D eigenvalue weighted by atomic mass is 16.6. The van der Waals surface area contributed by atoms with Gasteiger partial charge in [0, 0.05) is 30.9 Å². The maximum atomic E-state index is 12.1. The Hall–Kier alpha value is -3.26. The number of benzene rings is 2. The molecular weight excluding hydrogens is 338 g/mol. The molecule has 2 aromatic carbocycles. The predicted molar refractivity (Wildman–Crippen MR) is 106 cm³/mol. The molecule has 0 aliphatic rings. The second kappa shape index (κ2) is 7.16. The molecule has 3 rings (SSSR count). The number of hydrogen-bond donors (Lipinski definition) is 0. The number of amides is 1. The van der Waals surface area contributed by atoms with Gasteiger partial charge in [-0.3, -0.25) is 0 Å². The zero-order chi connectivity index (χ0) is 19.6. The summed E-state index contributed by atoms with van der Waals surface area (Å²) in [5, 5.41) is 10.3. The van der Waals surface area contributed by atoms with Crippen molar-refractivity contribution in [2.75, 3.05) is 7.05 Å². The van der Waals surface area contributed by atoms with Crippen molar-refractivity contribution in [3.8, 4) is 11.8 Å². The first kappa shape index (κ1) is 18.5. The quantitative estimate of drug-likeness (QED) is 0.669. The minimum atomic E-state index is -0.511. The Morgan fingerprint density at radius 2 is 1.81 bits per heavy atom. The zero-order valence-corrected chi connectivity index (χ0v) is 16.1. The van der Waals surface area contributed by atoms with Gasteiger partial charge in [-0.25, -0.2) is 4.79 Å². The van der Waals surface area contributed by atoms with E-state index in [1.165, 1.54) is 0 Å². The number of carbonyl (C=O) groups excluding carboxylic acids is 1. The Morgan fingerprint density at radius 1 is 1.15 bits per heavy atom. The van der Waals surface area contributed by atoms with Gasteiger partial charge in [0.1, 0.15) is 11.7 Å². The van der Waals surface area contributed by atoms with Crippen molar-refractivity contribution in [2.24, 2.45) is 0 Å². The molecule has 1 aromatic heterocycles. The first-order valence-corrected chi connectivity index (χ1v) is 8.82. The number of para-hydroxylation sites is 1. The molecule has 0 saturated carbocycles. The van der Waals surface area contributed by atoms with Crippen LogP contribution in [0.5, 0.6) is 0 Å². The van der Waals surface area contributed by atoms with Crippen molar-refractivity contribution in [3.05, 3.63) is 65.9 Å². The van der Waals surface area contributed by atoms with Crippen LogP contribution in [-0.2, 0) is 11.3 Å². The average molecular weight is 361 g/mol. The average Bonchev–Trinajstić information content (AvgIpc) is 3.00. The summed E-state index contributed by atoms with van der Waals surface area (Å²) in [6.07, 6.45) is 1.51. The molecule has 5 heteroatoms. The third-order valence-electron chi connectivity index (χ3n) is 4.17. The van der Waals surface area contributed by atoms with E-state index in [4.69, 9.17) is 4.74 Å². The van der Waals surface area contributed by atoms with E-state index >= 15 is 0 Å². The number of ether oxygens (including phenoxy) is 1. The van der Waals surface area contributed by atoms with Gasteiger partial charge in [0.2, 0.25) is 0 Å². The summed E-state index contributed by atoms with van der Waals surface area (Å²) in [6, 6.07) is 18.0. The van der Waals surface area contributed by atoms with E-state index in [1.54, 1.807) is 11.9 Å². The van der Waals surface area contributed by atoms with Crippen LogP contribution in [0.15, 0.2) is 54.7 Å². The number of nitrogens with zero attached hydrogens (tertiary/aromatic N) is 3. The molecule has 5 nitrogen and oxygen atoms in total. The zero-order valence-electron chi connectivity index (χ0n) is 16.1. The van der Waals surface area contributed by atoms with E-state index in [1.807, 2.05) is 80.1 Å². The summed E-state index contributed by atoms with van der Waals surface area (Å²) in [5.41, 5.74) is 3.11. The van der Waals surface area contributed by atoms with E-state index in [0.29, 0.717) is 12.1 Å². The molecule has 27 heavy (non-hydrogen) atoms. The van der Waals surface area contributed by atoms with E-state index in [0.717, 1.165) is 22.2 Å². The SMILES string of the molecule is CN(Cc1ccc(-n2cc(C#N)c3ccccc32)cc1)C(=O)OC(C)(C)C. The lowest BCUT2D eigenvalue weighted by atomic mass is 10.2. The maximum absolute atomic E-state index is 12.1. The van der Waals surface area contributed by atoms with Crippen molar-refractivity contribution in [1.29, 1.82) is 5.26 Å². The van der Waals surface area contributed by atoms with E-state index in [-0.39, 0.29) is 6.09 Å². The molecular formula is C22H23N3O2. The van der Waals surface area contributed by atoms with Crippen molar-refractivity contribution in [2.45, 2.75) is 32.9 Å². The fraction of sp³-hybridized carbons (Fsp3) is 0.273. The Kier molecular flexibility index (Phi) is 4.91. The first-order chi connectivity index (χ1) is 12.8. The Labute approximate surface area is 159 Å². The molecule has 0 aliphatic heterocycles. The van der Waals surface area contributed by atoms with Crippen LogP contribution in [0.3, 0.4) is 0 Å². The third kappa shape index (κ3) is 4.12. The first-order valence-electron chi connectivity index (χ1n) is 8.82. The number of fused-ring (bicyclic) bond motifs is 1. The van der Waals surface area contributed by atoms with Gasteiger partial charge in [-0.2, -0.15) is 5.26 Å². The third-order valence-corrected chi connectivity index (χ3v) is 4.17. The number of carbonyl (C=O) groups is 1. The van der Waals surface area contributed by atoms with Gasteiger partial charge in [-0.05, 0) is 44.5 Å². The molecule has 0 saturated heterocycles. The molecule has 0 atom stereocenters. The molecule has 0 bridgehead atoms. The number of rotatable bonds is 3. The van der Waals surface area contributed by atoms with Gasteiger partial charge >= 0.3 is 6.09 Å². The lowest BCUT2D eigenvalue weighted by Gasteiger charge is -2.24. The largest absolute Gasteiger partial charge is 0.444 e. The highest BCUT2D eigenvalue weighted by Gasteiger charge is 2.19. The summed E-state index contributed by atoms with van der Waals surface area (Å²) in [6.45, 7) is 6.02. The summed E-state index contributed by atoms with van der Waals surface area (Å²) in [7, 11) is 1.72. The topological polar surface area (TPSA) is 58.3 Å². The van der Waals surface area contributed by atoms with E-state index in [2.05, 4.69) is 6.07 Å². The summed E-state index contributed by atoms with van der Waals surface area (Å²) in [4.78, 5) is 13.7. The van der Waals surface area contributed by atoms with E-state index < -0.39 is 5.60 Å². The normalized spacial score (nSPS) is 11.2. The minimum Gasteiger partial charge on any atom is -0.444 e. The van der Waals surface area contributed by atoms with Crippen LogP contribution in [0, 0.1) is 11.3 Å². The number of hydrogen-bond acceptors (Lipinski definition) is 3. The lowest BCUT2D eigenvalue weighted by molar-refractivity contribution is 0.0285. The Bertz CT molecular complexity index is 1000.